The smallest absolute Gasteiger partial charge is 0.416 e. The molecule has 0 spiro atoms. The average molecular weight is 625 g/mol. The number of hydrogen-bond acceptors (Lipinski definition) is 3. The van der Waals surface area contributed by atoms with E-state index in [4.69, 9.17) is 23.2 Å². The summed E-state index contributed by atoms with van der Waals surface area (Å²) in [6.45, 7) is 1.82. The number of halogens is 5. The van der Waals surface area contributed by atoms with Crippen LogP contribution < -0.4 is 0 Å². The van der Waals surface area contributed by atoms with Gasteiger partial charge in [0.25, 0.3) is 0 Å². The fraction of sp³-hybridized carbons (Fsp3) is 0.182. The molecule has 5 rings (SSSR count). The molecule has 5 aromatic rings. The van der Waals surface area contributed by atoms with Crippen LogP contribution in [0.25, 0.3) is 33.5 Å². The molecule has 0 aliphatic carbocycles. The number of nitrogens with zero attached hydrogens (tertiary/aromatic N) is 1. The maximum atomic E-state index is 13.9. The number of hydrogen-bond donors (Lipinski definition) is 2. The van der Waals surface area contributed by atoms with Gasteiger partial charge in [0.2, 0.25) is 0 Å². The SMILES string of the molecule is CCCC(CC(=O)c1ccc(-c2c(Cl)cccc2-c2nc3ccccc3[nH]2)c(C(=O)O)c1)c1ccc(Cl)cc1C(F)(F)F. The van der Waals surface area contributed by atoms with Crippen molar-refractivity contribution in [3.05, 3.63) is 111 Å². The van der Waals surface area contributed by atoms with Crippen molar-refractivity contribution in [1.29, 1.82) is 0 Å². The molecule has 0 saturated carbocycles. The Bertz CT molecular complexity index is 1820. The van der Waals surface area contributed by atoms with E-state index in [1.165, 1.54) is 30.3 Å². The Balaban J connectivity index is 1.55. The van der Waals surface area contributed by atoms with E-state index in [9.17, 15) is 27.9 Å². The number of aromatic carboxylic acids is 1. The van der Waals surface area contributed by atoms with E-state index < -0.39 is 29.4 Å². The number of nitrogens with one attached hydrogen (secondary N) is 1. The molecule has 1 unspecified atom stereocenters. The van der Waals surface area contributed by atoms with E-state index in [2.05, 4.69) is 9.97 Å². The summed E-state index contributed by atoms with van der Waals surface area (Å²) in [4.78, 5) is 33.8. The molecule has 0 aliphatic rings. The monoisotopic (exact) mass is 624 g/mol. The normalized spacial score (nSPS) is 12.4. The van der Waals surface area contributed by atoms with Crippen molar-refractivity contribution in [3.8, 4) is 22.5 Å². The number of aromatic nitrogens is 2. The van der Waals surface area contributed by atoms with Crippen LogP contribution in [0.2, 0.25) is 10.0 Å². The number of fused-ring (bicyclic) bond motifs is 1. The van der Waals surface area contributed by atoms with Crippen molar-refractivity contribution < 1.29 is 27.9 Å². The van der Waals surface area contributed by atoms with Crippen LogP contribution in [-0.2, 0) is 6.18 Å². The number of carboxylic acid groups (broad SMARTS) is 1. The van der Waals surface area contributed by atoms with Crippen LogP contribution in [0.15, 0.2) is 78.9 Å². The number of carbonyl (C=O) groups is 2. The van der Waals surface area contributed by atoms with Crippen molar-refractivity contribution in [3.63, 3.8) is 0 Å². The van der Waals surface area contributed by atoms with Crippen LogP contribution in [0.5, 0.6) is 0 Å². The van der Waals surface area contributed by atoms with Gasteiger partial charge in [-0.2, -0.15) is 13.2 Å². The Morgan fingerprint density at radius 1 is 0.953 bits per heavy atom. The quantitative estimate of drug-likeness (QED) is 0.160. The van der Waals surface area contributed by atoms with Crippen molar-refractivity contribution >= 4 is 46.0 Å². The number of H-pyrrole nitrogens is 1. The minimum Gasteiger partial charge on any atom is -0.478 e. The zero-order chi connectivity index (χ0) is 30.9. The molecule has 2 N–H and O–H groups in total. The van der Waals surface area contributed by atoms with E-state index in [0.717, 1.165) is 17.1 Å². The summed E-state index contributed by atoms with van der Waals surface area (Å²) in [5, 5.41) is 10.4. The van der Waals surface area contributed by atoms with Crippen molar-refractivity contribution in [2.75, 3.05) is 0 Å². The van der Waals surface area contributed by atoms with Gasteiger partial charge in [0.05, 0.1) is 22.2 Å². The second-order valence-corrected chi connectivity index (χ2v) is 11.0. The molecule has 1 heterocycles. The van der Waals surface area contributed by atoms with Crippen LogP contribution in [0, 0.1) is 0 Å². The van der Waals surface area contributed by atoms with Gasteiger partial charge >= 0.3 is 12.1 Å². The highest BCUT2D eigenvalue weighted by molar-refractivity contribution is 6.34. The molecule has 5 nitrogen and oxygen atoms in total. The minimum atomic E-state index is -4.65. The standard InChI is InChI=1S/C33H25Cl2F3N2O3/c1-2-6-18(21-14-12-20(34)17-25(21)33(36,37)38)16-29(41)19-11-13-22(24(15-19)32(42)43)30-23(7-5-8-26(30)35)31-39-27-9-3-4-10-28(27)40-31/h3-5,7-15,17-18H,2,6,16H2,1H3,(H,39,40)(H,42,43). The Morgan fingerprint density at radius 2 is 1.72 bits per heavy atom. The second kappa shape index (κ2) is 12.2. The molecule has 1 atom stereocenters. The zero-order valence-corrected chi connectivity index (χ0v) is 24.3. The van der Waals surface area contributed by atoms with Crippen LogP contribution in [0.3, 0.4) is 0 Å². The van der Waals surface area contributed by atoms with Gasteiger partial charge in [-0.1, -0.05) is 79.0 Å². The van der Waals surface area contributed by atoms with Gasteiger partial charge in [0.15, 0.2) is 5.78 Å². The van der Waals surface area contributed by atoms with Gasteiger partial charge < -0.3 is 10.1 Å². The molecule has 1 aromatic heterocycles. The third-order valence-electron chi connectivity index (χ3n) is 7.33. The molecular formula is C33H25Cl2F3N2O3. The number of imidazole rings is 1. The van der Waals surface area contributed by atoms with E-state index in [-0.39, 0.29) is 38.7 Å². The fourth-order valence-corrected chi connectivity index (χ4v) is 5.82. The summed E-state index contributed by atoms with van der Waals surface area (Å²) in [6.07, 6.45) is -4.04. The third-order valence-corrected chi connectivity index (χ3v) is 7.88. The molecule has 220 valence electrons. The molecular weight excluding hydrogens is 600 g/mol. The number of alkyl halides is 3. The maximum absolute atomic E-state index is 13.9. The van der Waals surface area contributed by atoms with Gasteiger partial charge in [-0.05, 0) is 59.9 Å². The lowest BCUT2D eigenvalue weighted by atomic mass is 9.84. The van der Waals surface area contributed by atoms with E-state index in [1.54, 1.807) is 18.2 Å². The summed E-state index contributed by atoms with van der Waals surface area (Å²) < 4.78 is 41.6. The molecule has 0 radical (unpaired) electrons. The summed E-state index contributed by atoms with van der Waals surface area (Å²) in [5.41, 5.74) is 1.76. The van der Waals surface area contributed by atoms with Gasteiger partial charge in [0, 0.05) is 33.2 Å². The number of rotatable bonds is 9. The number of para-hydroxylation sites is 2. The lowest BCUT2D eigenvalue weighted by Crippen LogP contribution is -2.15. The third kappa shape index (κ3) is 6.31. The van der Waals surface area contributed by atoms with Crippen LogP contribution >= 0.6 is 23.2 Å². The number of Topliss-reactive ketones (excluding diaryl/α,β-unsaturated/α-hetero) is 1. The average Bonchev–Trinajstić information content (AvgIpc) is 3.40. The first-order chi connectivity index (χ1) is 20.5. The second-order valence-electron chi connectivity index (χ2n) is 10.2. The fourth-order valence-electron chi connectivity index (χ4n) is 5.38. The molecule has 4 aromatic carbocycles. The first kappa shape index (κ1) is 30.3. The van der Waals surface area contributed by atoms with Gasteiger partial charge in [0.1, 0.15) is 5.82 Å². The van der Waals surface area contributed by atoms with Crippen molar-refractivity contribution in [1.82, 2.24) is 9.97 Å². The molecule has 0 saturated heterocycles. The molecule has 0 fully saturated rings. The van der Waals surface area contributed by atoms with Crippen LogP contribution in [0.4, 0.5) is 13.2 Å². The zero-order valence-electron chi connectivity index (χ0n) is 22.8. The van der Waals surface area contributed by atoms with E-state index >= 15 is 0 Å². The highest BCUT2D eigenvalue weighted by Gasteiger charge is 2.36. The Morgan fingerprint density at radius 3 is 2.42 bits per heavy atom. The van der Waals surface area contributed by atoms with Gasteiger partial charge in [-0.3, -0.25) is 4.79 Å². The predicted octanol–water partition coefficient (Wildman–Crippen LogP) is 10.1. The largest absolute Gasteiger partial charge is 0.478 e. The minimum absolute atomic E-state index is 0.0197. The summed E-state index contributed by atoms with van der Waals surface area (Å²) >= 11 is 12.5. The predicted molar refractivity (Wildman–Crippen MR) is 162 cm³/mol. The summed E-state index contributed by atoms with van der Waals surface area (Å²) in [5.74, 6) is -2.03. The van der Waals surface area contributed by atoms with Crippen molar-refractivity contribution in [2.45, 2.75) is 38.3 Å². The van der Waals surface area contributed by atoms with Gasteiger partial charge in [-0.25, -0.2) is 9.78 Å². The summed E-state index contributed by atoms with van der Waals surface area (Å²) in [7, 11) is 0. The topological polar surface area (TPSA) is 83.0 Å². The maximum Gasteiger partial charge on any atom is 0.416 e. The first-order valence-electron chi connectivity index (χ1n) is 13.5. The van der Waals surface area contributed by atoms with Crippen LogP contribution in [-0.4, -0.2) is 26.8 Å². The van der Waals surface area contributed by atoms with E-state index in [1.807, 2.05) is 31.2 Å². The molecule has 0 bridgehead atoms. The lowest BCUT2D eigenvalue weighted by molar-refractivity contribution is -0.138. The first-order valence-corrected chi connectivity index (χ1v) is 14.2. The Kier molecular flexibility index (Phi) is 8.62. The number of carbonyl (C=O) groups excluding carboxylic acids is 1. The van der Waals surface area contributed by atoms with Crippen LogP contribution in [0.1, 0.15) is 63.9 Å². The molecule has 0 aliphatic heterocycles. The Labute approximate surface area is 255 Å². The number of aromatic amines is 1. The molecule has 10 heteroatoms. The lowest BCUT2D eigenvalue weighted by Gasteiger charge is -2.21. The highest BCUT2D eigenvalue weighted by Crippen LogP contribution is 2.41. The highest BCUT2D eigenvalue weighted by atomic mass is 35.5. The van der Waals surface area contributed by atoms with E-state index in [0.29, 0.717) is 29.8 Å². The number of benzene rings is 4. The molecule has 0 amide bonds. The molecule has 43 heavy (non-hydrogen) atoms. The Hall–Kier alpha value is -4.14. The van der Waals surface area contributed by atoms with Crippen molar-refractivity contribution in [2.24, 2.45) is 0 Å². The number of carboxylic acids is 1. The number of ketones is 1. The summed E-state index contributed by atoms with van der Waals surface area (Å²) in [6, 6.07) is 20.3. The van der Waals surface area contributed by atoms with Gasteiger partial charge in [-0.15, -0.1) is 0 Å².